The van der Waals surface area contributed by atoms with Crippen LogP contribution in [-0.2, 0) is 22.4 Å². The number of nitrogens with zero attached hydrogens (tertiary/aromatic N) is 2. The van der Waals surface area contributed by atoms with Gasteiger partial charge in [-0.1, -0.05) is 60.7 Å². The maximum atomic E-state index is 13.7. The lowest BCUT2D eigenvalue weighted by molar-refractivity contribution is -0.131. The van der Waals surface area contributed by atoms with E-state index < -0.39 is 17.5 Å². The standard InChI is InChI=1S/C29H27N3O4/c33-25(23-13-15-24(16-14-23)31-17-7-12-26(31)34)20-32-27(35)29(30-28(32)36,18-21-8-3-1-4-9-21)19-22-10-5-2-6-11-22/h1-6,8-11,13-16H,7,12,17-20H2,(H,30,36). The third-order valence-electron chi connectivity index (χ3n) is 6.82. The molecule has 7 nitrogen and oxygen atoms in total. The van der Waals surface area contributed by atoms with Gasteiger partial charge >= 0.3 is 6.03 Å². The molecule has 0 aliphatic carbocycles. The van der Waals surface area contributed by atoms with Gasteiger partial charge in [0.25, 0.3) is 5.91 Å². The Morgan fingerprint density at radius 2 is 1.39 bits per heavy atom. The number of carbonyl (C=O) groups excluding carboxylic acids is 4. The fourth-order valence-corrected chi connectivity index (χ4v) is 4.99. The van der Waals surface area contributed by atoms with Crippen LogP contribution in [0.1, 0.15) is 34.3 Å². The first-order valence-corrected chi connectivity index (χ1v) is 12.1. The summed E-state index contributed by atoms with van der Waals surface area (Å²) in [5.74, 6) is -0.678. The minimum atomic E-state index is -1.18. The van der Waals surface area contributed by atoms with Crippen LogP contribution in [0, 0.1) is 0 Å². The van der Waals surface area contributed by atoms with E-state index in [1.165, 1.54) is 0 Å². The summed E-state index contributed by atoms with van der Waals surface area (Å²) in [6, 6.07) is 25.3. The van der Waals surface area contributed by atoms with Crippen molar-refractivity contribution in [1.29, 1.82) is 0 Å². The third-order valence-corrected chi connectivity index (χ3v) is 6.82. The third kappa shape index (κ3) is 4.64. The van der Waals surface area contributed by atoms with Crippen LogP contribution in [0.3, 0.4) is 0 Å². The van der Waals surface area contributed by atoms with Gasteiger partial charge < -0.3 is 10.2 Å². The first-order chi connectivity index (χ1) is 17.4. The molecule has 1 N–H and O–H groups in total. The number of hydrogen-bond acceptors (Lipinski definition) is 4. The number of ketones is 1. The first kappa shape index (κ1) is 23.5. The summed E-state index contributed by atoms with van der Waals surface area (Å²) < 4.78 is 0. The molecule has 182 valence electrons. The Labute approximate surface area is 209 Å². The van der Waals surface area contributed by atoms with E-state index >= 15 is 0 Å². The zero-order valence-electron chi connectivity index (χ0n) is 19.9. The second-order valence-corrected chi connectivity index (χ2v) is 9.35. The molecule has 0 spiro atoms. The molecule has 0 radical (unpaired) electrons. The minimum absolute atomic E-state index is 0.0709. The van der Waals surface area contributed by atoms with Crippen molar-refractivity contribution in [2.45, 2.75) is 31.2 Å². The maximum Gasteiger partial charge on any atom is 0.325 e. The largest absolute Gasteiger partial charge is 0.325 e. The van der Waals surface area contributed by atoms with E-state index in [0.717, 1.165) is 28.1 Å². The van der Waals surface area contributed by atoms with Gasteiger partial charge in [-0.25, -0.2) is 4.79 Å². The lowest BCUT2D eigenvalue weighted by Gasteiger charge is -2.27. The molecule has 2 saturated heterocycles. The molecule has 4 amide bonds. The summed E-state index contributed by atoms with van der Waals surface area (Å²) in [6.07, 6.45) is 1.98. The van der Waals surface area contributed by atoms with E-state index in [9.17, 15) is 19.2 Å². The smallest absolute Gasteiger partial charge is 0.322 e. The van der Waals surface area contributed by atoms with Gasteiger partial charge in [0.2, 0.25) is 5.91 Å². The lowest BCUT2D eigenvalue weighted by atomic mass is 9.84. The fourth-order valence-electron chi connectivity index (χ4n) is 4.99. The second kappa shape index (κ2) is 9.77. The van der Waals surface area contributed by atoms with E-state index in [-0.39, 0.29) is 18.2 Å². The number of benzene rings is 3. The molecule has 0 aromatic heterocycles. The van der Waals surface area contributed by atoms with E-state index in [2.05, 4.69) is 5.32 Å². The van der Waals surface area contributed by atoms with E-state index in [0.29, 0.717) is 31.4 Å². The molecule has 0 unspecified atom stereocenters. The quantitative estimate of drug-likeness (QED) is 0.392. The second-order valence-electron chi connectivity index (χ2n) is 9.35. The van der Waals surface area contributed by atoms with Crippen molar-refractivity contribution in [1.82, 2.24) is 10.2 Å². The van der Waals surface area contributed by atoms with Gasteiger partial charge in [-0.15, -0.1) is 0 Å². The molecule has 3 aromatic rings. The van der Waals surface area contributed by atoms with Crippen LogP contribution in [0.4, 0.5) is 10.5 Å². The highest BCUT2D eigenvalue weighted by Gasteiger charge is 2.51. The van der Waals surface area contributed by atoms with E-state index in [1.807, 2.05) is 60.7 Å². The summed E-state index contributed by atoms with van der Waals surface area (Å²) in [6.45, 7) is 0.317. The predicted molar refractivity (Wildman–Crippen MR) is 136 cm³/mol. The highest BCUT2D eigenvalue weighted by molar-refractivity contribution is 6.11. The molecule has 2 heterocycles. The number of amides is 4. The van der Waals surface area contributed by atoms with Crippen molar-refractivity contribution in [2.24, 2.45) is 0 Å². The molecular formula is C29H27N3O4. The fraction of sp³-hybridized carbons (Fsp3) is 0.241. The molecule has 2 aliphatic heterocycles. The van der Waals surface area contributed by atoms with Crippen LogP contribution in [0.15, 0.2) is 84.9 Å². The lowest BCUT2D eigenvalue weighted by Crippen LogP contribution is -2.51. The molecule has 5 rings (SSSR count). The molecule has 0 bridgehead atoms. The first-order valence-electron chi connectivity index (χ1n) is 12.1. The van der Waals surface area contributed by atoms with Crippen LogP contribution >= 0.6 is 0 Å². The number of carbonyl (C=O) groups is 4. The molecular weight excluding hydrogens is 454 g/mol. The van der Waals surface area contributed by atoms with Crippen LogP contribution in [-0.4, -0.2) is 47.2 Å². The summed E-state index contributed by atoms with van der Waals surface area (Å²) in [5, 5.41) is 2.91. The van der Waals surface area contributed by atoms with Gasteiger partial charge in [-0.3, -0.25) is 19.3 Å². The van der Waals surface area contributed by atoms with Gasteiger partial charge in [0.15, 0.2) is 5.78 Å². The monoisotopic (exact) mass is 481 g/mol. The average Bonchev–Trinajstić information content (AvgIpc) is 3.42. The average molecular weight is 482 g/mol. The topological polar surface area (TPSA) is 86.8 Å². The van der Waals surface area contributed by atoms with Gasteiger partial charge in [0, 0.05) is 37.1 Å². The van der Waals surface area contributed by atoms with Crippen LogP contribution < -0.4 is 10.2 Å². The van der Waals surface area contributed by atoms with E-state index in [1.54, 1.807) is 29.2 Å². The number of rotatable bonds is 8. The van der Waals surface area contributed by atoms with Crippen molar-refractivity contribution >= 4 is 29.3 Å². The zero-order chi connectivity index (χ0) is 25.1. The van der Waals surface area contributed by atoms with Crippen molar-refractivity contribution in [3.8, 4) is 0 Å². The Morgan fingerprint density at radius 3 is 1.92 bits per heavy atom. The minimum Gasteiger partial charge on any atom is -0.322 e. The molecule has 7 heteroatoms. The van der Waals surface area contributed by atoms with Gasteiger partial charge in [0.05, 0.1) is 6.54 Å². The van der Waals surface area contributed by atoms with Crippen LogP contribution in [0.25, 0.3) is 0 Å². The number of anilines is 1. The summed E-state index contributed by atoms with van der Waals surface area (Å²) in [7, 11) is 0. The maximum absolute atomic E-state index is 13.7. The molecule has 2 aliphatic rings. The Kier molecular flexibility index (Phi) is 6.38. The SMILES string of the molecule is O=C(CN1C(=O)NC(Cc2ccccc2)(Cc2ccccc2)C1=O)c1ccc(N2CCCC2=O)cc1. The van der Waals surface area contributed by atoms with Crippen molar-refractivity contribution in [3.63, 3.8) is 0 Å². The molecule has 2 fully saturated rings. The Hall–Kier alpha value is -4.26. The normalized spacial score (nSPS) is 16.9. The Morgan fingerprint density at radius 1 is 0.806 bits per heavy atom. The van der Waals surface area contributed by atoms with Crippen LogP contribution in [0.2, 0.25) is 0 Å². The highest BCUT2D eigenvalue weighted by atomic mass is 16.2. The van der Waals surface area contributed by atoms with Gasteiger partial charge in [-0.05, 0) is 41.8 Å². The van der Waals surface area contributed by atoms with Gasteiger partial charge in [-0.2, -0.15) is 0 Å². The number of Topliss-reactive ketones (excluding diaryl/α,β-unsaturated/α-hetero) is 1. The number of nitrogens with one attached hydrogen (secondary N) is 1. The van der Waals surface area contributed by atoms with Gasteiger partial charge in [0.1, 0.15) is 5.54 Å². The summed E-state index contributed by atoms with van der Waals surface area (Å²) in [5.41, 5.74) is 1.79. The van der Waals surface area contributed by atoms with Crippen molar-refractivity contribution in [3.05, 3.63) is 102 Å². The molecule has 36 heavy (non-hydrogen) atoms. The molecule has 0 atom stereocenters. The Bertz CT molecular complexity index is 1250. The summed E-state index contributed by atoms with van der Waals surface area (Å²) in [4.78, 5) is 54.5. The number of imide groups is 1. The van der Waals surface area contributed by atoms with Crippen LogP contribution in [0.5, 0.6) is 0 Å². The summed E-state index contributed by atoms with van der Waals surface area (Å²) >= 11 is 0. The zero-order valence-corrected chi connectivity index (χ0v) is 19.9. The molecule has 3 aromatic carbocycles. The Balaban J connectivity index is 1.36. The van der Waals surface area contributed by atoms with Crippen molar-refractivity contribution in [2.75, 3.05) is 18.0 Å². The molecule has 0 saturated carbocycles. The number of hydrogen-bond donors (Lipinski definition) is 1. The van der Waals surface area contributed by atoms with Crippen molar-refractivity contribution < 1.29 is 19.2 Å². The predicted octanol–water partition coefficient (Wildman–Crippen LogP) is 3.77. The number of urea groups is 1. The van der Waals surface area contributed by atoms with E-state index in [4.69, 9.17) is 0 Å². The highest BCUT2D eigenvalue weighted by Crippen LogP contribution is 2.28.